The number of nitrogens with one attached hydrogen (secondary N) is 1. The Morgan fingerprint density at radius 3 is 2.53 bits per heavy atom. The first-order chi connectivity index (χ1) is 9.00. The van der Waals surface area contributed by atoms with Gasteiger partial charge in [0.1, 0.15) is 10.8 Å². The Bertz CT molecular complexity index is 643. The first-order valence-electron chi connectivity index (χ1n) is 5.61. The molecule has 0 saturated carbocycles. The highest BCUT2D eigenvalue weighted by molar-refractivity contribution is 9.10. The molecule has 2 nitrogen and oxygen atoms in total. The number of nitrogens with two attached hydrogens (primary N) is 1. The minimum absolute atomic E-state index is 0.253. The summed E-state index contributed by atoms with van der Waals surface area (Å²) in [5.74, 6) is -0.253. The van der Waals surface area contributed by atoms with Crippen molar-refractivity contribution in [1.82, 2.24) is 0 Å². The Labute approximate surface area is 124 Å². The van der Waals surface area contributed by atoms with E-state index < -0.39 is 0 Å². The van der Waals surface area contributed by atoms with Gasteiger partial charge in [-0.05, 0) is 47.1 Å². The SMILES string of the molecule is Cc1c(F)cccc1Nc1cccc(Br)c1C(N)=S. The summed E-state index contributed by atoms with van der Waals surface area (Å²) >= 11 is 8.46. The zero-order chi connectivity index (χ0) is 14.0. The highest BCUT2D eigenvalue weighted by Crippen LogP contribution is 2.29. The van der Waals surface area contributed by atoms with E-state index in [1.165, 1.54) is 6.07 Å². The van der Waals surface area contributed by atoms with Crippen LogP contribution in [0.2, 0.25) is 0 Å². The fourth-order valence-corrected chi connectivity index (χ4v) is 2.70. The summed E-state index contributed by atoms with van der Waals surface area (Å²) in [4.78, 5) is 0.282. The molecule has 0 atom stereocenters. The maximum Gasteiger partial charge on any atom is 0.128 e. The lowest BCUT2D eigenvalue weighted by atomic mass is 10.1. The van der Waals surface area contributed by atoms with Crippen molar-refractivity contribution in [3.8, 4) is 0 Å². The third-order valence-electron chi connectivity index (χ3n) is 2.80. The molecule has 0 aromatic heterocycles. The Hall–Kier alpha value is -1.46. The molecule has 98 valence electrons. The van der Waals surface area contributed by atoms with Gasteiger partial charge in [-0.15, -0.1) is 0 Å². The summed E-state index contributed by atoms with van der Waals surface area (Å²) in [6, 6.07) is 10.5. The maximum atomic E-state index is 13.5. The van der Waals surface area contributed by atoms with E-state index in [0.29, 0.717) is 16.8 Å². The zero-order valence-electron chi connectivity index (χ0n) is 10.2. The van der Waals surface area contributed by atoms with E-state index >= 15 is 0 Å². The summed E-state index contributed by atoms with van der Waals surface area (Å²) in [5.41, 5.74) is 8.42. The molecule has 3 N–H and O–H groups in total. The maximum absolute atomic E-state index is 13.5. The van der Waals surface area contributed by atoms with Crippen LogP contribution >= 0.6 is 28.1 Å². The number of halogens is 2. The van der Waals surface area contributed by atoms with Gasteiger partial charge in [0, 0.05) is 27.0 Å². The number of benzene rings is 2. The second kappa shape index (κ2) is 5.67. The van der Waals surface area contributed by atoms with E-state index in [2.05, 4.69) is 21.2 Å². The molecule has 0 aliphatic rings. The van der Waals surface area contributed by atoms with Crippen LogP contribution in [-0.4, -0.2) is 4.99 Å². The lowest BCUT2D eigenvalue weighted by Crippen LogP contribution is -2.13. The summed E-state index contributed by atoms with van der Waals surface area (Å²) in [6.07, 6.45) is 0. The second-order valence-corrected chi connectivity index (χ2v) is 5.36. The molecule has 0 bridgehead atoms. The van der Waals surface area contributed by atoms with Gasteiger partial charge in [0.2, 0.25) is 0 Å². The molecule has 0 heterocycles. The summed E-state index contributed by atoms with van der Waals surface area (Å²) in [5, 5.41) is 3.17. The lowest BCUT2D eigenvalue weighted by molar-refractivity contribution is 0.619. The van der Waals surface area contributed by atoms with Crippen LogP contribution in [0.1, 0.15) is 11.1 Å². The van der Waals surface area contributed by atoms with E-state index in [9.17, 15) is 4.39 Å². The smallest absolute Gasteiger partial charge is 0.128 e. The van der Waals surface area contributed by atoms with Gasteiger partial charge in [0.05, 0.1) is 0 Å². The van der Waals surface area contributed by atoms with E-state index in [1.54, 1.807) is 13.0 Å². The molecule has 0 radical (unpaired) electrons. The monoisotopic (exact) mass is 338 g/mol. The van der Waals surface area contributed by atoms with Crippen LogP contribution in [0.25, 0.3) is 0 Å². The molecular formula is C14H12BrFN2S. The molecule has 2 aromatic carbocycles. The van der Waals surface area contributed by atoms with Gasteiger partial charge in [-0.1, -0.05) is 24.4 Å². The van der Waals surface area contributed by atoms with Crippen LogP contribution in [0.4, 0.5) is 15.8 Å². The average molecular weight is 339 g/mol. The quantitative estimate of drug-likeness (QED) is 0.820. The van der Waals surface area contributed by atoms with Gasteiger partial charge in [-0.2, -0.15) is 0 Å². The molecular weight excluding hydrogens is 327 g/mol. The highest BCUT2D eigenvalue weighted by atomic mass is 79.9. The normalized spacial score (nSPS) is 10.3. The second-order valence-electron chi connectivity index (χ2n) is 4.06. The van der Waals surface area contributed by atoms with Gasteiger partial charge < -0.3 is 11.1 Å². The standard InChI is InChI=1S/C14H12BrFN2S/c1-8-10(16)5-3-6-11(8)18-12-7-2-4-9(15)13(12)14(17)19/h2-7,18H,1H3,(H2,17,19). The molecule has 5 heteroatoms. The van der Waals surface area contributed by atoms with E-state index in [0.717, 1.165) is 10.2 Å². The van der Waals surface area contributed by atoms with Crippen molar-refractivity contribution in [2.45, 2.75) is 6.92 Å². The summed E-state index contributed by atoms with van der Waals surface area (Å²) in [7, 11) is 0. The molecule has 2 aromatic rings. The molecule has 2 rings (SSSR count). The highest BCUT2D eigenvalue weighted by Gasteiger charge is 2.11. The Kier molecular flexibility index (Phi) is 4.17. The topological polar surface area (TPSA) is 38.0 Å². The third kappa shape index (κ3) is 2.93. The number of hydrogen-bond acceptors (Lipinski definition) is 2. The Balaban J connectivity index is 2.47. The first-order valence-corrected chi connectivity index (χ1v) is 6.81. The van der Waals surface area contributed by atoms with Gasteiger partial charge in [0.15, 0.2) is 0 Å². The van der Waals surface area contributed by atoms with Crippen LogP contribution in [0, 0.1) is 12.7 Å². The van der Waals surface area contributed by atoms with Crippen molar-refractivity contribution in [1.29, 1.82) is 0 Å². The van der Waals surface area contributed by atoms with Crippen LogP contribution < -0.4 is 11.1 Å². The van der Waals surface area contributed by atoms with Crippen molar-refractivity contribution >= 4 is 44.5 Å². The van der Waals surface area contributed by atoms with Crippen molar-refractivity contribution in [3.63, 3.8) is 0 Å². The van der Waals surface area contributed by atoms with Gasteiger partial charge in [-0.25, -0.2) is 4.39 Å². The van der Waals surface area contributed by atoms with Crippen LogP contribution in [0.3, 0.4) is 0 Å². The van der Waals surface area contributed by atoms with Crippen LogP contribution in [0.5, 0.6) is 0 Å². The van der Waals surface area contributed by atoms with Crippen molar-refractivity contribution in [3.05, 3.63) is 57.8 Å². The van der Waals surface area contributed by atoms with Gasteiger partial charge >= 0.3 is 0 Å². The van der Waals surface area contributed by atoms with Gasteiger partial charge in [0.25, 0.3) is 0 Å². The van der Waals surface area contributed by atoms with E-state index in [4.69, 9.17) is 18.0 Å². The third-order valence-corrected chi connectivity index (χ3v) is 3.66. The fraction of sp³-hybridized carbons (Fsp3) is 0.0714. The molecule has 0 unspecified atom stereocenters. The number of hydrogen-bond donors (Lipinski definition) is 2. The minimum atomic E-state index is -0.253. The summed E-state index contributed by atoms with van der Waals surface area (Å²) < 4.78 is 14.3. The van der Waals surface area contributed by atoms with E-state index in [-0.39, 0.29) is 10.8 Å². The number of anilines is 2. The zero-order valence-corrected chi connectivity index (χ0v) is 12.6. The molecule has 0 saturated heterocycles. The van der Waals surface area contributed by atoms with Gasteiger partial charge in [-0.3, -0.25) is 0 Å². The molecule has 0 aliphatic heterocycles. The minimum Gasteiger partial charge on any atom is -0.389 e. The Morgan fingerprint density at radius 1 is 1.21 bits per heavy atom. The van der Waals surface area contributed by atoms with Crippen molar-refractivity contribution in [2.24, 2.45) is 5.73 Å². The predicted octanol–water partition coefficient (Wildman–Crippen LogP) is 4.27. The van der Waals surface area contributed by atoms with Crippen molar-refractivity contribution in [2.75, 3.05) is 5.32 Å². The van der Waals surface area contributed by atoms with Crippen LogP contribution in [0.15, 0.2) is 40.9 Å². The Morgan fingerprint density at radius 2 is 1.84 bits per heavy atom. The fourth-order valence-electron chi connectivity index (χ4n) is 1.77. The first kappa shape index (κ1) is 14.0. The molecule has 0 aliphatic carbocycles. The van der Waals surface area contributed by atoms with E-state index in [1.807, 2.05) is 24.3 Å². The molecule has 19 heavy (non-hydrogen) atoms. The predicted molar refractivity (Wildman–Crippen MR) is 84.4 cm³/mol. The van der Waals surface area contributed by atoms with Crippen molar-refractivity contribution < 1.29 is 4.39 Å². The molecule has 0 amide bonds. The summed E-state index contributed by atoms with van der Waals surface area (Å²) in [6.45, 7) is 1.72. The lowest BCUT2D eigenvalue weighted by Gasteiger charge is -2.14. The van der Waals surface area contributed by atoms with Crippen LogP contribution in [-0.2, 0) is 0 Å². The largest absolute Gasteiger partial charge is 0.389 e. The number of rotatable bonds is 3. The molecule has 0 fully saturated rings. The molecule has 0 spiro atoms. The number of thiocarbonyl (C=S) groups is 1. The average Bonchev–Trinajstić information content (AvgIpc) is 2.34.